The second-order valence-electron chi connectivity index (χ2n) is 7.61. The normalized spacial score (nSPS) is 26.3. The summed E-state index contributed by atoms with van der Waals surface area (Å²) in [5, 5.41) is 17.3. The lowest BCUT2D eigenvalue weighted by Crippen LogP contribution is -2.43. The van der Waals surface area contributed by atoms with Gasteiger partial charge in [-0.2, -0.15) is 5.10 Å². The van der Waals surface area contributed by atoms with Gasteiger partial charge in [0.25, 0.3) is 0 Å². The van der Waals surface area contributed by atoms with Crippen molar-refractivity contribution in [1.82, 2.24) is 29.6 Å². The highest BCUT2D eigenvalue weighted by atomic mass is 32.2. The topological polar surface area (TPSA) is 135 Å². The summed E-state index contributed by atoms with van der Waals surface area (Å²) in [5.41, 5.74) is 14.9. The number of aliphatic hydroxyl groups excluding tert-OH is 1. The Balaban J connectivity index is 1.35. The second kappa shape index (κ2) is 7.45. The largest absolute Gasteiger partial charge is 0.510 e. The van der Waals surface area contributed by atoms with Crippen molar-refractivity contribution in [2.45, 2.75) is 23.9 Å². The summed E-state index contributed by atoms with van der Waals surface area (Å²) in [6.45, 7) is 2.34. The van der Waals surface area contributed by atoms with Crippen LogP contribution in [0.3, 0.4) is 0 Å². The fourth-order valence-electron chi connectivity index (χ4n) is 4.38. The fraction of sp³-hybridized carbons (Fsp3) is 0.421. The second-order valence-corrected chi connectivity index (χ2v) is 8.60. The van der Waals surface area contributed by atoms with Crippen LogP contribution in [0.25, 0.3) is 22.3 Å². The lowest BCUT2D eigenvalue weighted by Gasteiger charge is -2.28. The average Bonchev–Trinajstić information content (AvgIpc) is 3.51. The first kappa shape index (κ1) is 18.6. The number of fused-ring (bicyclic) bond motifs is 1. The highest BCUT2D eigenvalue weighted by Gasteiger charge is 2.39. The van der Waals surface area contributed by atoms with Crippen molar-refractivity contribution in [2.24, 2.45) is 17.4 Å². The quantitative estimate of drug-likeness (QED) is 0.494. The maximum absolute atomic E-state index is 9.84. The number of hydrogen-bond donors (Lipinski definition) is 4. The highest BCUT2D eigenvalue weighted by molar-refractivity contribution is 8.03. The molecule has 1 fully saturated rings. The van der Waals surface area contributed by atoms with Crippen LogP contribution >= 0.6 is 11.8 Å². The smallest absolute Gasteiger partial charge is 0.141 e. The number of rotatable bonds is 5. The van der Waals surface area contributed by atoms with Gasteiger partial charge >= 0.3 is 0 Å². The molecule has 5 heterocycles. The van der Waals surface area contributed by atoms with Crippen molar-refractivity contribution in [1.29, 1.82) is 0 Å². The third-order valence-electron chi connectivity index (χ3n) is 5.95. The van der Waals surface area contributed by atoms with Gasteiger partial charge in [0.1, 0.15) is 17.7 Å². The minimum absolute atomic E-state index is 0.0921. The number of aliphatic hydroxyl groups is 1. The summed E-state index contributed by atoms with van der Waals surface area (Å²) in [6.07, 6.45) is 8.32. The summed E-state index contributed by atoms with van der Waals surface area (Å²) in [7, 11) is 0. The Bertz CT molecular complexity index is 1050. The van der Waals surface area contributed by atoms with Gasteiger partial charge in [-0.3, -0.25) is 9.58 Å². The van der Waals surface area contributed by atoms with E-state index in [4.69, 9.17) is 11.5 Å². The van der Waals surface area contributed by atoms with Crippen molar-refractivity contribution < 1.29 is 5.11 Å². The number of nitrogens with zero attached hydrogens (tertiary/aromatic N) is 5. The molecule has 2 aliphatic rings. The first-order chi connectivity index (χ1) is 14.2. The molecule has 1 saturated heterocycles. The summed E-state index contributed by atoms with van der Waals surface area (Å²) < 4.78 is 1.97. The molecule has 0 bridgehead atoms. The number of likely N-dealkylation sites (tertiary alicyclic amines) is 1. The van der Waals surface area contributed by atoms with Crippen LogP contribution < -0.4 is 11.5 Å². The minimum Gasteiger partial charge on any atom is -0.510 e. The molecule has 0 amide bonds. The van der Waals surface area contributed by atoms with Crippen molar-refractivity contribution in [2.75, 3.05) is 19.6 Å². The first-order valence-corrected chi connectivity index (χ1v) is 10.7. The summed E-state index contributed by atoms with van der Waals surface area (Å²) in [5.74, 6) is 0.650. The molecule has 3 aromatic heterocycles. The predicted molar refractivity (Wildman–Crippen MR) is 113 cm³/mol. The Morgan fingerprint density at radius 2 is 2.28 bits per heavy atom. The van der Waals surface area contributed by atoms with Crippen LogP contribution in [0, 0.1) is 5.92 Å². The molecular formula is C19H24N8OS. The van der Waals surface area contributed by atoms with E-state index < -0.39 is 0 Å². The van der Waals surface area contributed by atoms with E-state index >= 15 is 0 Å². The molecule has 152 valence electrons. The average molecular weight is 413 g/mol. The lowest BCUT2D eigenvalue weighted by atomic mass is 9.99. The highest BCUT2D eigenvalue weighted by Crippen LogP contribution is 2.36. The Kier molecular flexibility index (Phi) is 4.78. The molecule has 0 radical (unpaired) electrons. The Morgan fingerprint density at radius 1 is 1.38 bits per heavy atom. The molecule has 3 aromatic rings. The van der Waals surface area contributed by atoms with Gasteiger partial charge in [0.2, 0.25) is 0 Å². The maximum Gasteiger partial charge on any atom is 0.141 e. The Labute approximate surface area is 172 Å². The van der Waals surface area contributed by atoms with E-state index in [2.05, 4.69) is 25.0 Å². The molecule has 10 heteroatoms. The minimum atomic E-state index is -0.326. The zero-order valence-corrected chi connectivity index (χ0v) is 16.7. The van der Waals surface area contributed by atoms with Crippen LogP contribution in [0.2, 0.25) is 0 Å². The van der Waals surface area contributed by atoms with Gasteiger partial charge in [-0.1, -0.05) is 0 Å². The fourth-order valence-corrected chi connectivity index (χ4v) is 5.49. The van der Waals surface area contributed by atoms with E-state index in [9.17, 15) is 5.11 Å². The van der Waals surface area contributed by atoms with Crippen LogP contribution in [0.4, 0.5) is 0 Å². The molecule has 2 unspecified atom stereocenters. The monoisotopic (exact) mass is 412 g/mol. The number of H-pyrrole nitrogens is 1. The summed E-state index contributed by atoms with van der Waals surface area (Å²) in [4.78, 5) is 14.2. The van der Waals surface area contributed by atoms with Crippen LogP contribution in [-0.2, 0) is 0 Å². The van der Waals surface area contributed by atoms with E-state index in [1.807, 2.05) is 29.3 Å². The van der Waals surface area contributed by atoms with Crippen LogP contribution in [0.5, 0.6) is 0 Å². The predicted octanol–water partition coefficient (Wildman–Crippen LogP) is 1.44. The molecule has 5 rings (SSSR count). The zero-order valence-electron chi connectivity index (χ0n) is 15.8. The SMILES string of the molecule is NC[C@@H]([C@H]1CCN(C2SC=C(O)C2N)C1)n1cc(-c2ncnc3[nH]ccc23)cn1. The van der Waals surface area contributed by atoms with Gasteiger partial charge in [-0.15, -0.1) is 11.8 Å². The molecule has 2 aliphatic heterocycles. The standard InChI is InChI=1S/C19H24N8OS/c20-5-14(11-2-4-26(7-11)19-16(21)15(28)9-29-19)27-8-12(6-25-27)17-13-1-3-22-18(13)24-10-23-17/h1,3,6,8-11,14,16,19,28H,2,4-5,7,20-21H2,(H,22,23,24)/t11-,14-,16?,19?/m0/s1. The van der Waals surface area contributed by atoms with Crippen LogP contribution in [0.1, 0.15) is 12.5 Å². The molecule has 0 aromatic carbocycles. The number of nitrogens with two attached hydrogens (primary N) is 2. The van der Waals surface area contributed by atoms with Gasteiger partial charge in [0.05, 0.1) is 29.3 Å². The molecule has 6 N–H and O–H groups in total. The zero-order chi connectivity index (χ0) is 20.0. The summed E-state index contributed by atoms with van der Waals surface area (Å²) in [6, 6.07) is 1.75. The van der Waals surface area contributed by atoms with Crippen molar-refractivity contribution in [3.63, 3.8) is 0 Å². The lowest BCUT2D eigenvalue weighted by molar-refractivity contribution is 0.241. The molecule has 29 heavy (non-hydrogen) atoms. The number of hydrogen-bond acceptors (Lipinski definition) is 8. The number of aromatic nitrogens is 5. The van der Waals surface area contributed by atoms with E-state index in [-0.39, 0.29) is 23.2 Å². The van der Waals surface area contributed by atoms with E-state index in [1.165, 1.54) is 0 Å². The van der Waals surface area contributed by atoms with Crippen molar-refractivity contribution in [3.8, 4) is 11.3 Å². The Hall–Kier alpha value is -2.40. The summed E-state index contributed by atoms with van der Waals surface area (Å²) >= 11 is 1.59. The van der Waals surface area contributed by atoms with Gasteiger partial charge in [0.15, 0.2) is 0 Å². The first-order valence-electron chi connectivity index (χ1n) is 9.72. The number of thioether (sulfide) groups is 1. The molecule has 0 aliphatic carbocycles. The molecule has 0 spiro atoms. The third kappa shape index (κ3) is 3.21. The third-order valence-corrected chi connectivity index (χ3v) is 7.20. The maximum atomic E-state index is 9.84. The number of aromatic amines is 1. The van der Waals surface area contributed by atoms with Crippen molar-refractivity contribution in [3.05, 3.63) is 42.2 Å². The molecule has 4 atom stereocenters. The molecule has 9 nitrogen and oxygen atoms in total. The van der Waals surface area contributed by atoms with Crippen LogP contribution in [-0.4, -0.2) is 65.8 Å². The van der Waals surface area contributed by atoms with E-state index in [0.717, 1.165) is 41.8 Å². The van der Waals surface area contributed by atoms with E-state index in [0.29, 0.717) is 12.5 Å². The van der Waals surface area contributed by atoms with Gasteiger partial charge in [-0.05, 0) is 24.9 Å². The molecular weight excluding hydrogens is 388 g/mol. The van der Waals surface area contributed by atoms with Gasteiger partial charge in [0, 0.05) is 41.8 Å². The van der Waals surface area contributed by atoms with Gasteiger partial charge in [-0.25, -0.2) is 9.97 Å². The Morgan fingerprint density at radius 3 is 3.07 bits per heavy atom. The number of nitrogens with one attached hydrogen (secondary N) is 1. The van der Waals surface area contributed by atoms with Crippen LogP contribution in [0.15, 0.2) is 42.2 Å². The van der Waals surface area contributed by atoms with Crippen molar-refractivity contribution >= 4 is 22.8 Å². The van der Waals surface area contributed by atoms with E-state index in [1.54, 1.807) is 23.5 Å². The molecule has 0 saturated carbocycles. The van der Waals surface area contributed by atoms with Gasteiger partial charge < -0.3 is 21.6 Å².